The third-order valence-electron chi connectivity index (χ3n) is 4.27. The molecule has 0 aliphatic rings. The first-order valence-corrected chi connectivity index (χ1v) is 9.41. The number of ketones is 1. The van der Waals surface area contributed by atoms with E-state index in [0.29, 0.717) is 33.2 Å². The van der Waals surface area contributed by atoms with E-state index >= 15 is 0 Å². The van der Waals surface area contributed by atoms with Crippen molar-refractivity contribution in [2.45, 2.75) is 0 Å². The number of halogens is 1. The van der Waals surface area contributed by atoms with Gasteiger partial charge in [0.1, 0.15) is 11.3 Å². The summed E-state index contributed by atoms with van der Waals surface area (Å²) in [7, 11) is 2.96. The Hall–Kier alpha value is -3.57. The van der Waals surface area contributed by atoms with E-state index in [1.807, 2.05) is 0 Å². The zero-order valence-corrected chi connectivity index (χ0v) is 17.2. The fraction of sp³-hybridized carbons (Fsp3) is 0.0833. The number of methoxy groups -OCH3 is 2. The first kappa shape index (κ1) is 21.1. The van der Waals surface area contributed by atoms with E-state index in [2.05, 4.69) is 0 Å². The maximum atomic E-state index is 12.5. The third-order valence-corrected chi connectivity index (χ3v) is 4.53. The van der Waals surface area contributed by atoms with E-state index in [1.54, 1.807) is 72.8 Å². The van der Waals surface area contributed by atoms with Gasteiger partial charge in [0.25, 0.3) is 0 Å². The molecule has 3 aromatic rings. The molecule has 0 radical (unpaired) electrons. The largest absolute Gasteiger partial charge is 0.496 e. The maximum absolute atomic E-state index is 12.5. The molecule has 3 aromatic carbocycles. The summed E-state index contributed by atoms with van der Waals surface area (Å²) >= 11 is 5.84. The quantitative estimate of drug-likeness (QED) is 0.218. The van der Waals surface area contributed by atoms with Gasteiger partial charge in [0.2, 0.25) is 0 Å². The molecule has 6 heteroatoms. The smallest absolute Gasteiger partial charge is 0.347 e. The number of esters is 1. The molecule has 3 rings (SSSR count). The molecule has 0 saturated carbocycles. The maximum Gasteiger partial charge on any atom is 0.347 e. The summed E-state index contributed by atoms with van der Waals surface area (Å²) in [6, 6.07) is 18.4. The molecule has 0 amide bonds. The zero-order chi connectivity index (χ0) is 21.5. The summed E-state index contributed by atoms with van der Waals surface area (Å²) in [6.45, 7) is 0. The molecule has 30 heavy (non-hydrogen) atoms. The van der Waals surface area contributed by atoms with Crippen LogP contribution in [0.2, 0.25) is 5.02 Å². The van der Waals surface area contributed by atoms with Gasteiger partial charge >= 0.3 is 5.97 Å². The minimum atomic E-state index is -0.563. The summed E-state index contributed by atoms with van der Waals surface area (Å²) in [5.41, 5.74) is 1.55. The van der Waals surface area contributed by atoms with E-state index in [4.69, 9.17) is 25.8 Å². The molecule has 0 heterocycles. The fourth-order valence-electron chi connectivity index (χ4n) is 2.72. The lowest BCUT2D eigenvalue weighted by atomic mass is 10.1. The van der Waals surface area contributed by atoms with Crippen molar-refractivity contribution in [2.24, 2.45) is 0 Å². The van der Waals surface area contributed by atoms with Crippen LogP contribution in [-0.2, 0) is 0 Å². The van der Waals surface area contributed by atoms with Crippen LogP contribution < -0.4 is 14.2 Å². The summed E-state index contributed by atoms with van der Waals surface area (Å²) < 4.78 is 16.0. The second kappa shape index (κ2) is 9.76. The van der Waals surface area contributed by atoms with Gasteiger partial charge in [-0.25, -0.2) is 4.79 Å². The minimum absolute atomic E-state index is 0.155. The monoisotopic (exact) mass is 422 g/mol. The van der Waals surface area contributed by atoms with Gasteiger partial charge in [-0.05, 0) is 60.2 Å². The lowest BCUT2D eigenvalue weighted by Crippen LogP contribution is -2.10. The molecule has 0 atom stereocenters. The van der Waals surface area contributed by atoms with Crippen molar-refractivity contribution < 1.29 is 23.8 Å². The normalized spacial score (nSPS) is 10.6. The number of benzene rings is 3. The minimum Gasteiger partial charge on any atom is -0.496 e. The van der Waals surface area contributed by atoms with E-state index in [9.17, 15) is 9.59 Å². The van der Waals surface area contributed by atoms with Crippen LogP contribution in [0.1, 0.15) is 26.3 Å². The van der Waals surface area contributed by atoms with Gasteiger partial charge in [-0.15, -0.1) is 0 Å². The molecule has 152 valence electrons. The molecule has 5 nitrogen and oxygen atoms in total. The molecular formula is C24H19ClO5. The lowest BCUT2D eigenvalue weighted by Gasteiger charge is -2.11. The molecule has 0 aromatic heterocycles. The Balaban J connectivity index is 1.77. The van der Waals surface area contributed by atoms with Gasteiger partial charge in [-0.1, -0.05) is 35.9 Å². The Bertz CT molecular complexity index is 1090. The van der Waals surface area contributed by atoms with Crippen molar-refractivity contribution >= 4 is 29.4 Å². The molecule has 0 spiro atoms. The highest BCUT2D eigenvalue weighted by molar-refractivity contribution is 6.30. The topological polar surface area (TPSA) is 61.8 Å². The summed E-state index contributed by atoms with van der Waals surface area (Å²) in [5.74, 6) is 0.319. The Morgan fingerprint density at radius 3 is 2.23 bits per heavy atom. The highest BCUT2D eigenvalue weighted by atomic mass is 35.5. The summed E-state index contributed by atoms with van der Waals surface area (Å²) in [4.78, 5) is 24.8. The highest BCUT2D eigenvalue weighted by Crippen LogP contribution is 2.30. The third kappa shape index (κ3) is 5.07. The van der Waals surface area contributed by atoms with E-state index in [1.165, 1.54) is 20.3 Å². The van der Waals surface area contributed by atoms with Crippen molar-refractivity contribution in [3.8, 4) is 17.2 Å². The van der Waals surface area contributed by atoms with Crippen LogP contribution in [0.25, 0.3) is 6.08 Å². The highest BCUT2D eigenvalue weighted by Gasteiger charge is 2.16. The molecular weight excluding hydrogens is 404 g/mol. The van der Waals surface area contributed by atoms with Crippen molar-refractivity contribution in [3.05, 3.63) is 94.5 Å². The van der Waals surface area contributed by atoms with Crippen LogP contribution >= 0.6 is 11.6 Å². The molecule has 0 fully saturated rings. The van der Waals surface area contributed by atoms with Gasteiger partial charge in [0, 0.05) is 10.6 Å². The molecule has 0 unspecified atom stereocenters. The fourth-order valence-corrected chi connectivity index (χ4v) is 2.85. The number of carbonyl (C=O) groups is 2. The van der Waals surface area contributed by atoms with Crippen molar-refractivity contribution in [3.63, 3.8) is 0 Å². The Morgan fingerprint density at radius 2 is 1.53 bits per heavy atom. The lowest BCUT2D eigenvalue weighted by molar-refractivity contribution is 0.0726. The van der Waals surface area contributed by atoms with Gasteiger partial charge in [-0.3, -0.25) is 4.79 Å². The van der Waals surface area contributed by atoms with Crippen LogP contribution in [0.5, 0.6) is 17.2 Å². The number of allylic oxidation sites excluding steroid dienone is 1. The molecule has 0 saturated heterocycles. The van der Waals surface area contributed by atoms with Crippen LogP contribution in [0.3, 0.4) is 0 Å². The average Bonchev–Trinajstić information content (AvgIpc) is 2.78. The van der Waals surface area contributed by atoms with Crippen molar-refractivity contribution in [1.82, 2.24) is 0 Å². The van der Waals surface area contributed by atoms with E-state index in [0.717, 1.165) is 0 Å². The van der Waals surface area contributed by atoms with E-state index in [-0.39, 0.29) is 11.5 Å². The zero-order valence-electron chi connectivity index (χ0n) is 16.4. The molecule has 0 bridgehead atoms. The number of para-hydroxylation sites is 1. The first-order chi connectivity index (χ1) is 14.5. The Labute approximate surface area is 179 Å². The second-order valence-corrected chi connectivity index (χ2v) is 6.64. The molecule has 0 aliphatic carbocycles. The van der Waals surface area contributed by atoms with Gasteiger partial charge < -0.3 is 14.2 Å². The standard InChI is InChI=1S/C24H19ClO5/c1-28-21-6-4-3-5-19(21)24(27)30-22-14-8-16(15-23(22)29-2)7-13-20(26)17-9-11-18(25)12-10-17/h3-15H,1-2H3. The number of carbonyl (C=O) groups excluding carboxylic acids is 2. The number of hydrogen-bond acceptors (Lipinski definition) is 5. The van der Waals surface area contributed by atoms with Crippen LogP contribution in [0.15, 0.2) is 72.8 Å². The van der Waals surface area contributed by atoms with Crippen LogP contribution in [-0.4, -0.2) is 26.0 Å². The number of rotatable bonds is 7. The van der Waals surface area contributed by atoms with Gasteiger partial charge in [0.05, 0.1) is 14.2 Å². The van der Waals surface area contributed by atoms with E-state index < -0.39 is 5.97 Å². The van der Waals surface area contributed by atoms with Crippen LogP contribution in [0.4, 0.5) is 0 Å². The molecule has 0 N–H and O–H groups in total. The first-order valence-electron chi connectivity index (χ1n) is 9.03. The van der Waals surface area contributed by atoms with Gasteiger partial charge in [-0.2, -0.15) is 0 Å². The average molecular weight is 423 g/mol. The van der Waals surface area contributed by atoms with Crippen molar-refractivity contribution in [2.75, 3.05) is 14.2 Å². The SMILES string of the molecule is COc1cc(C=CC(=O)c2ccc(Cl)cc2)ccc1OC(=O)c1ccccc1OC. The summed E-state index contributed by atoms with van der Waals surface area (Å²) in [6.07, 6.45) is 3.11. The summed E-state index contributed by atoms with van der Waals surface area (Å²) in [5, 5.41) is 0.568. The number of ether oxygens (including phenoxy) is 3. The Kier molecular flexibility index (Phi) is 6.88. The predicted molar refractivity (Wildman–Crippen MR) is 116 cm³/mol. The van der Waals surface area contributed by atoms with Crippen molar-refractivity contribution in [1.29, 1.82) is 0 Å². The van der Waals surface area contributed by atoms with Crippen LogP contribution in [0, 0.1) is 0 Å². The van der Waals surface area contributed by atoms with Gasteiger partial charge in [0.15, 0.2) is 17.3 Å². The predicted octanol–water partition coefficient (Wildman–Crippen LogP) is 5.47. The second-order valence-electron chi connectivity index (χ2n) is 6.20. The Morgan fingerprint density at radius 1 is 0.833 bits per heavy atom. The molecule has 0 aliphatic heterocycles. The number of hydrogen-bond donors (Lipinski definition) is 0.